The van der Waals surface area contributed by atoms with E-state index < -0.39 is 6.04 Å². The predicted molar refractivity (Wildman–Crippen MR) is 127 cm³/mol. The molecule has 166 valence electrons. The number of furan rings is 1. The number of hydrogen-bond donors (Lipinski definition) is 3. The van der Waals surface area contributed by atoms with Gasteiger partial charge in [-0.3, -0.25) is 10.1 Å². The fourth-order valence-electron chi connectivity index (χ4n) is 4.04. The summed E-state index contributed by atoms with van der Waals surface area (Å²) < 4.78 is 19.1. The number of carbonyl (C=O) groups excluding carboxylic acids is 1. The molecule has 0 saturated heterocycles. The number of rotatable bonds is 8. The molecule has 0 aliphatic heterocycles. The molecule has 3 aromatic carbocycles. The molecular formula is C27H24FN3O2. The van der Waals surface area contributed by atoms with E-state index >= 15 is 0 Å². The van der Waals surface area contributed by atoms with E-state index in [1.54, 1.807) is 12.1 Å². The fraction of sp³-hybridized carbons (Fsp3) is 0.148. The van der Waals surface area contributed by atoms with Crippen molar-refractivity contribution < 1.29 is 13.6 Å². The summed E-state index contributed by atoms with van der Waals surface area (Å²) >= 11 is 0. The quantitative estimate of drug-likeness (QED) is 0.315. The van der Waals surface area contributed by atoms with E-state index in [1.807, 2.05) is 60.8 Å². The van der Waals surface area contributed by atoms with Gasteiger partial charge in [-0.15, -0.1) is 0 Å². The lowest BCUT2D eigenvalue weighted by molar-refractivity contribution is -0.123. The Morgan fingerprint density at radius 1 is 0.970 bits per heavy atom. The van der Waals surface area contributed by atoms with Crippen molar-refractivity contribution in [2.24, 2.45) is 0 Å². The maximum absolute atomic E-state index is 13.2. The fourth-order valence-corrected chi connectivity index (χ4v) is 4.04. The highest BCUT2D eigenvalue weighted by Gasteiger charge is 2.21. The summed E-state index contributed by atoms with van der Waals surface area (Å²) in [5.74, 6) is 0.349. The zero-order valence-corrected chi connectivity index (χ0v) is 18.0. The molecule has 1 atom stereocenters. The van der Waals surface area contributed by atoms with Gasteiger partial charge in [-0.25, -0.2) is 4.39 Å². The maximum Gasteiger partial charge on any atom is 0.237 e. The molecule has 33 heavy (non-hydrogen) atoms. The third-order valence-corrected chi connectivity index (χ3v) is 5.79. The highest BCUT2D eigenvalue weighted by atomic mass is 19.1. The van der Waals surface area contributed by atoms with E-state index in [1.165, 1.54) is 12.1 Å². The molecule has 0 spiro atoms. The van der Waals surface area contributed by atoms with Crippen LogP contribution < -0.4 is 10.6 Å². The second-order valence-electron chi connectivity index (χ2n) is 8.09. The van der Waals surface area contributed by atoms with Gasteiger partial charge in [0.05, 0.1) is 12.6 Å². The molecule has 6 heteroatoms. The van der Waals surface area contributed by atoms with Crippen molar-refractivity contribution in [1.82, 2.24) is 15.6 Å². The number of amides is 1. The smallest absolute Gasteiger partial charge is 0.237 e. The molecule has 1 unspecified atom stereocenters. The van der Waals surface area contributed by atoms with Crippen LogP contribution in [0.15, 0.2) is 89.5 Å². The molecule has 2 heterocycles. The highest BCUT2D eigenvalue weighted by Crippen LogP contribution is 2.21. The van der Waals surface area contributed by atoms with E-state index in [0.29, 0.717) is 19.5 Å². The summed E-state index contributed by atoms with van der Waals surface area (Å²) in [6.45, 7) is 0.751. The summed E-state index contributed by atoms with van der Waals surface area (Å²) in [6, 6.07) is 23.5. The van der Waals surface area contributed by atoms with Gasteiger partial charge in [0.1, 0.15) is 17.2 Å². The largest absolute Gasteiger partial charge is 0.460 e. The zero-order valence-electron chi connectivity index (χ0n) is 18.0. The first-order valence-corrected chi connectivity index (χ1v) is 10.9. The molecule has 0 fully saturated rings. The number of carbonyl (C=O) groups is 1. The maximum atomic E-state index is 13.2. The summed E-state index contributed by atoms with van der Waals surface area (Å²) in [5.41, 5.74) is 3.76. The summed E-state index contributed by atoms with van der Waals surface area (Å²) in [5, 5.41) is 8.47. The first-order chi connectivity index (χ1) is 16.2. The number of fused-ring (bicyclic) bond motifs is 2. The van der Waals surface area contributed by atoms with Crippen LogP contribution in [0.4, 0.5) is 4.39 Å². The van der Waals surface area contributed by atoms with Crippen molar-refractivity contribution in [3.63, 3.8) is 0 Å². The number of hydrogen-bond acceptors (Lipinski definition) is 3. The number of aromatic nitrogens is 1. The number of nitrogens with one attached hydrogen (secondary N) is 3. The minimum Gasteiger partial charge on any atom is -0.460 e. The third-order valence-electron chi connectivity index (χ3n) is 5.79. The van der Waals surface area contributed by atoms with Gasteiger partial charge in [-0.05, 0) is 47.9 Å². The Morgan fingerprint density at radius 2 is 1.76 bits per heavy atom. The van der Waals surface area contributed by atoms with E-state index in [2.05, 4.69) is 15.6 Å². The van der Waals surface area contributed by atoms with Crippen molar-refractivity contribution in [3.8, 4) is 0 Å². The van der Waals surface area contributed by atoms with Crippen LogP contribution in [0.2, 0.25) is 0 Å². The molecule has 5 rings (SSSR count). The number of H-pyrrole nitrogens is 1. The normalized spacial score (nSPS) is 12.3. The number of benzene rings is 3. The standard InChI is InChI=1S/C27H24FN3O2/c28-21-11-9-18(10-12-21)15-31-27(32)25(14-20-16-29-24-7-3-2-6-23(20)24)30-17-22-13-19-5-1-4-8-26(19)33-22/h1-13,16,25,29-30H,14-15,17H2,(H,31,32). The Morgan fingerprint density at radius 3 is 2.61 bits per heavy atom. The van der Waals surface area contributed by atoms with Gasteiger partial charge >= 0.3 is 0 Å². The average molecular weight is 442 g/mol. The minimum absolute atomic E-state index is 0.124. The topological polar surface area (TPSA) is 70.1 Å². The monoisotopic (exact) mass is 441 g/mol. The van der Waals surface area contributed by atoms with Gasteiger partial charge in [0, 0.05) is 29.0 Å². The molecule has 5 aromatic rings. The lowest BCUT2D eigenvalue weighted by atomic mass is 10.0. The second kappa shape index (κ2) is 9.30. The summed E-state index contributed by atoms with van der Waals surface area (Å²) in [7, 11) is 0. The average Bonchev–Trinajstić information content (AvgIpc) is 3.45. The molecule has 3 N–H and O–H groups in total. The van der Waals surface area contributed by atoms with E-state index in [9.17, 15) is 9.18 Å². The van der Waals surface area contributed by atoms with Gasteiger partial charge in [0.2, 0.25) is 5.91 Å². The molecule has 0 radical (unpaired) electrons. The minimum atomic E-state index is -0.474. The Hall–Kier alpha value is -3.90. The third kappa shape index (κ3) is 4.81. The number of para-hydroxylation sites is 2. The van der Waals surface area contributed by atoms with Crippen molar-refractivity contribution in [2.45, 2.75) is 25.6 Å². The Balaban J connectivity index is 1.33. The highest BCUT2D eigenvalue weighted by molar-refractivity contribution is 5.86. The Bertz CT molecular complexity index is 1350. The molecule has 0 bridgehead atoms. The first-order valence-electron chi connectivity index (χ1n) is 10.9. The Labute approximate surface area is 190 Å². The molecule has 5 nitrogen and oxygen atoms in total. The van der Waals surface area contributed by atoms with Crippen LogP contribution in [-0.4, -0.2) is 16.9 Å². The molecule has 0 aliphatic rings. The van der Waals surface area contributed by atoms with Gasteiger partial charge in [0.15, 0.2) is 0 Å². The summed E-state index contributed by atoms with van der Waals surface area (Å²) in [4.78, 5) is 16.4. The first kappa shape index (κ1) is 21.0. The van der Waals surface area contributed by atoms with Crippen LogP contribution in [0.1, 0.15) is 16.9 Å². The van der Waals surface area contributed by atoms with Crippen LogP contribution >= 0.6 is 0 Å². The summed E-state index contributed by atoms with van der Waals surface area (Å²) in [6.07, 6.45) is 2.47. The molecule has 2 aromatic heterocycles. The molecule has 1 amide bonds. The number of halogens is 1. The molecular weight excluding hydrogens is 417 g/mol. The van der Waals surface area contributed by atoms with Gasteiger partial charge in [0.25, 0.3) is 0 Å². The second-order valence-corrected chi connectivity index (χ2v) is 8.09. The van der Waals surface area contributed by atoms with Crippen LogP contribution in [0.5, 0.6) is 0 Å². The van der Waals surface area contributed by atoms with Gasteiger partial charge in [-0.2, -0.15) is 0 Å². The van der Waals surface area contributed by atoms with Gasteiger partial charge in [-0.1, -0.05) is 48.5 Å². The van der Waals surface area contributed by atoms with Crippen LogP contribution in [-0.2, 0) is 24.3 Å². The zero-order chi connectivity index (χ0) is 22.6. The van der Waals surface area contributed by atoms with Crippen molar-refractivity contribution in [3.05, 3.63) is 108 Å². The SMILES string of the molecule is O=C(NCc1ccc(F)cc1)C(Cc1c[nH]c2ccccc12)NCc1cc2ccccc2o1. The van der Waals surface area contributed by atoms with E-state index in [-0.39, 0.29) is 11.7 Å². The van der Waals surface area contributed by atoms with Crippen molar-refractivity contribution in [1.29, 1.82) is 0 Å². The molecule has 0 saturated carbocycles. The Kier molecular flexibility index (Phi) is 5.91. The van der Waals surface area contributed by atoms with E-state index in [4.69, 9.17) is 4.42 Å². The predicted octanol–water partition coefficient (Wildman–Crippen LogP) is 5.07. The van der Waals surface area contributed by atoms with Crippen LogP contribution in [0.25, 0.3) is 21.9 Å². The molecule has 0 aliphatic carbocycles. The lowest BCUT2D eigenvalue weighted by Gasteiger charge is -2.18. The van der Waals surface area contributed by atoms with Crippen LogP contribution in [0, 0.1) is 5.82 Å². The number of aromatic amines is 1. The van der Waals surface area contributed by atoms with Gasteiger partial charge < -0.3 is 14.7 Å². The lowest BCUT2D eigenvalue weighted by Crippen LogP contribution is -2.45. The van der Waals surface area contributed by atoms with Crippen LogP contribution in [0.3, 0.4) is 0 Å². The van der Waals surface area contributed by atoms with E-state index in [0.717, 1.165) is 38.8 Å². The van der Waals surface area contributed by atoms with Crippen molar-refractivity contribution >= 4 is 27.8 Å². The van der Waals surface area contributed by atoms with Crippen molar-refractivity contribution in [2.75, 3.05) is 0 Å².